The highest BCUT2D eigenvalue weighted by atomic mass is 16.2. The summed E-state index contributed by atoms with van der Waals surface area (Å²) >= 11 is 0. The molecule has 33 heavy (non-hydrogen) atoms. The minimum absolute atomic E-state index is 0.0396. The van der Waals surface area contributed by atoms with Crippen LogP contribution in [0.15, 0.2) is 30.7 Å². The van der Waals surface area contributed by atoms with Crippen molar-refractivity contribution in [1.82, 2.24) is 30.1 Å². The van der Waals surface area contributed by atoms with Crippen LogP contribution in [0.3, 0.4) is 0 Å². The Morgan fingerprint density at radius 3 is 2.64 bits per heavy atom. The first-order valence-electron chi connectivity index (χ1n) is 12.2. The van der Waals surface area contributed by atoms with Crippen molar-refractivity contribution < 1.29 is 9.59 Å². The third-order valence-electron chi connectivity index (χ3n) is 6.64. The van der Waals surface area contributed by atoms with Gasteiger partial charge in [0.2, 0.25) is 5.91 Å². The zero-order valence-electron chi connectivity index (χ0n) is 19.5. The van der Waals surface area contributed by atoms with Gasteiger partial charge in [-0.15, -0.1) is 0 Å². The summed E-state index contributed by atoms with van der Waals surface area (Å²) < 4.78 is 0. The Morgan fingerprint density at radius 2 is 1.85 bits per heavy atom. The molecule has 176 valence electrons. The molecule has 1 N–H and O–H groups in total. The number of carbonyl (C=O) groups excluding carboxylic acids is 2. The standard InChI is InChI=1S/C25H34N6O2/c1-19-22(18-28-24(29-19)20-8-6-10-26-17-20)25(33)31-14-5-4-13-30-12-3-2-9-21(30)16-23(32)27-11-7-15-31/h6,8,10,17-18,21H,2-5,7,9,11-16H2,1H3,(H,27,32). The number of carbonyl (C=O) groups is 2. The molecular formula is C25H34N6O2. The van der Waals surface area contributed by atoms with Crippen LogP contribution in [0.1, 0.15) is 61.0 Å². The van der Waals surface area contributed by atoms with E-state index in [1.807, 2.05) is 24.0 Å². The molecule has 1 unspecified atom stereocenters. The number of nitrogens with one attached hydrogen (secondary N) is 1. The number of aromatic nitrogens is 3. The molecule has 8 nitrogen and oxygen atoms in total. The molecule has 2 aliphatic heterocycles. The number of fused-ring (bicyclic) bond motifs is 1. The summed E-state index contributed by atoms with van der Waals surface area (Å²) in [5, 5.41) is 3.06. The van der Waals surface area contributed by atoms with Crippen LogP contribution < -0.4 is 5.32 Å². The van der Waals surface area contributed by atoms with Crippen molar-refractivity contribution in [3.05, 3.63) is 42.0 Å². The van der Waals surface area contributed by atoms with Crippen molar-refractivity contribution in [3.8, 4) is 11.4 Å². The van der Waals surface area contributed by atoms with Crippen molar-refractivity contribution in [2.24, 2.45) is 0 Å². The van der Waals surface area contributed by atoms with Gasteiger partial charge in [0.25, 0.3) is 5.91 Å². The molecule has 0 spiro atoms. The van der Waals surface area contributed by atoms with Gasteiger partial charge in [0.1, 0.15) is 0 Å². The lowest BCUT2D eigenvalue weighted by Crippen LogP contribution is -2.43. The van der Waals surface area contributed by atoms with Gasteiger partial charge >= 0.3 is 0 Å². The number of nitrogens with zero attached hydrogens (tertiary/aromatic N) is 5. The predicted octanol–water partition coefficient (Wildman–Crippen LogP) is 2.83. The molecular weight excluding hydrogens is 416 g/mol. The van der Waals surface area contributed by atoms with Crippen molar-refractivity contribution in [2.45, 2.75) is 57.9 Å². The van der Waals surface area contributed by atoms with Gasteiger partial charge in [-0.05, 0) is 64.3 Å². The van der Waals surface area contributed by atoms with Gasteiger partial charge in [0.05, 0.1) is 11.3 Å². The van der Waals surface area contributed by atoms with Crippen LogP contribution >= 0.6 is 0 Å². The second kappa shape index (κ2) is 11.3. The Hall–Kier alpha value is -2.87. The van der Waals surface area contributed by atoms with Crippen LogP contribution in [0.4, 0.5) is 0 Å². The van der Waals surface area contributed by atoms with E-state index in [1.54, 1.807) is 18.6 Å². The number of amides is 2. The molecule has 4 rings (SSSR count). The van der Waals surface area contributed by atoms with Crippen molar-refractivity contribution in [2.75, 3.05) is 32.7 Å². The Kier molecular flexibility index (Phi) is 7.99. The highest BCUT2D eigenvalue weighted by molar-refractivity contribution is 5.95. The maximum Gasteiger partial charge on any atom is 0.257 e. The van der Waals surface area contributed by atoms with Crippen molar-refractivity contribution >= 4 is 11.8 Å². The van der Waals surface area contributed by atoms with Crippen molar-refractivity contribution in [1.29, 1.82) is 0 Å². The van der Waals surface area contributed by atoms with Crippen LogP contribution in [-0.4, -0.2) is 75.3 Å². The van der Waals surface area contributed by atoms with Gasteiger partial charge in [-0.3, -0.25) is 19.5 Å². The van der Waals surface area contributed by atoms with E-state index in [9.17, 15) is 9.59 Å². The predicted molar refractivity (Wildman–Crippen MR) is 127 cm³/mol. The molecule has 2 fully saturated rings. The number of piperidine rings is 1. The van der Waals surface area contributed by atoms with Crippen LogP contribution in [-0.2, 0) is 4.79 Å². The van der Waals surface area contributed by atoms with Gasteiger partial charge in [-0.25, -0.2) is 9.97 Å². The van der Waals surface area contributed by atoms with Gasteiger partial charge < -0.3 is 10.2 Å². The molecule has 1 atom stereocenters. The fourth-order valence-electron chi connectivity index (χ4n) is 4.78. The molecule has 0 radical (unpaired) electrons. The van der Waals surface area contributed by atoms with Crippen LogP contribution in [0, 0.1) is 6.92 Å². The minimum atomic E-state index is -0.0396. The van der Waals surface area contributed by atoms with E-state index in [2.05, 4.69) is 25.2 Å². The number of aryl methyl sites for hydroxylation is 1. The van der Waals surface area contributed by atoms with Crippen LogP contribution in [0.2, 0.25) is 0 Å². The number of rotatable bonds is 2. The molecule has 0 bridgehead atoms. The van der Waals surface area contributed by atoms with Crippen LogP contribution in [0.25, 0.3) is 11.4 Å². The molecule has 0 saturated carbocycles. The zero-order valence-corrected chi connectivity index (χ0v) is 19.5. The first-order chi connectivity index (χ1) is 16.1. The molecule has 8 heteroatoms. The maximum atomic E-state index is 13.4. The quantitative estimate of drug-likeness (QED) is 0.757. The summed E-state index contributed by atoms with van der Waals surface area (Å²) in [7, 11) is 0. The molecule has 2 saturated heterocycles. The topological polar surface area (TPSA) is 91.3 Å². The molecule has 0 aliphatic carbocycles. The third-order valence-corrected chi connectivity index (χ3v) is 6.64. The monoisotopic (exact) mass is 450 g/mol. The Bertz CT molecular complexity index is 951. The zero-order chi connectivity index (χ0) is 23.0. The van der Waals surface area contributed by atoms with Crippen LogP contribution in [0.5, 0.6) is 0 Å². The molecule has 2 aromatic rings. The largest absolute Gasteiger partial charge is 0.356 e. The Balaban J connectivity index is 1.44. The maximum absolute atomic E-state index is 13.4. The van der Waals surface area contributed by atoms with E-state index in [-0.39, 0.29) is 11.8 Å². The number of pyridine rings is 1. The summed E-state index contributed by atoms with van der Waals surface area (Å²) in [4.78, 5) is 43.3. The van der Waals surface area contributed by atoms with E-state index in [0.29, 0.717) is 49.2 Å². The third kappa shape index (κ3) is 6.13. The lowest BCUT2D eigenvalue weighted by molar-refractivity contribution is -0.122. The molecule has 0 aromatic carbocycles. The van der Waals surface area contributed by atoms with Crippen molar-refractivity contribution in [3.63, 3.8) is 0 Å². The molecule has 2 amide bonds. The normalized spacial score (nSPS) is 21.2. The molecule has 2 aliphatic rings. The summed E-state index contributed by atoms with van der Waals surface area (Å²) in [6.07, 6.45) is 11.9. The van der Waals surface area contributed by atoms with E-state index in [4.69, 9.17) is 0 Å². The fraction of sp³-hybridized carbons (Fsp3) is 0.560. The average molecular weight is 451 g/mol. The molecule has 4 heterocycles. The van der Waals surface area contributed by atoms with E-state index in [1.165, 1.54) is 12.8 Å². The first-order valence-corrected chi connectivity index (χ1v) is 12.2. The first kappa shape index (κ1) is 23.3. The second-order valence-electron chi connectivity index (χ2n) is 9.03. The van der Waals surface area contributed by atoms with E-state index < -0.39 is 0 Å². The number of hydrogen-bond acceptors (Lipinski definition) is 6. The van der Waals surface area contributed by atoms with Gasteiger partial charge in [0.15, 0.2) is 5.82 Å². The lowest BCUT2D eigenvalue weighted by Gasteiger charge is -2.35. The highest BCUT2D eigenvalue weighted by Crippen LogP contribution is 2.21. The summed E-state index contributed by atoms with van der Waals surface area (Å²) in [6.45, 7) is 5.81. The summed E-state index contributed by atoms with van der Waals surface area (Å²) in [6, 6.07) is 4.11. The smallest absolute Gasteiger partial charge is 0.257 e. The Morgan fingerprint density at radius 1 is 1.06 bits per heavy atom. The Labute approximate surface area is 195 Å². The van der Waals surface area contributed by atoms with E-state index in [0.717, 1.165) is 44.3 Å². The second-order valence-corrected chi connectivity index (χ2v) is 9.03. The van der Waals surface area contributed by atoms with E-state index >= 15 is 0 Å². The number of hydrogen-bond donors (Lipinski definition) is 1. The summed E-state index contributed by atoms with van der Waals surface area (Å²) in [5.74, 6) is 0.655. The minimum Gasteiger partial charge on any atom is -0.356 e. The SMILES string of the molecule is Cc1nc(-c2cccnc2)ncc1C(=O)N1CCCCN2CCCCC2CC(=O)NCCC1. The van der Waals surface area contributed by atoms with Gasteiger partial charge in [-0.1, -0.05) is 6.42 Å². The molecule has 2 aromatic heterocycles. The van der Waals surface area contributed by atoms with Gasteiger partial charge in [-0.2, -0.15) is 0 Å². The van der Waals surface area contributed by atoms with Gasteiger partial charge in [0, 0.05) is 56.3 Å². The summed E-state index contributed by atoms with van der Waals surface area (Å²) in [5.41, 5.74) is 2.03. The highest BCUT2D eigenvalue weighted by Gasteiger charge is 2.25. The lowest BCUT2D eigenvalue weighted by atomic mass is 9.98. The fourth-order valence-corrected chi connectivity index (χ4v) is 4.78. The average Bonchev–Trinajstić information content (AvgIpc) is 2.85.